The Morgan fingerprint density at radius 1 is 1.44 bits per heavy atom. The molecule has 18 heavy (non-hydrogen) atoms. The first kappa shape index (κ1) is 15.0. The van der Waals surface area contributed by atoms with E-state index < -0.39 is 0 Å². The minimum atomic E-state index is 0.123. The van der Waals surface area contributed by atoms with E-state index in [1.165, 1.54) is 11.1 Å². The molecule has 1 rings (SSSR count). The third-order valence-corrected chi connectivity index (χ3v) is 3.19. The molecule has 0 aromatic heterocycles. The topological polar surface area (TPSA) is 29.1 Å². The summed E-state index contributed by atoms with van der Waals surface area (Å²) in [6.07, 6.45) is 2.30. The van der Waals surface area contributed by atoms with Gasteiger partial charge in [-0.05, 0) is 31.2 Å². The van der Waals surface area contributed by atoms with E-state index in [4.69, 9.17) is 11.6 Å². The third kappa shape index (κ3) is 6.06. The second-order valence-corrected chi connectivity index (χ2v) is 5.25. The fraction of sp³-hybridized carbons (Fsp3) is 0.533. The van der Waals surface area contributed by atoms with E-state index in [-0.39, 0.29) is 5.91 Å². The van der Waals surface area contributed by atoms with Crippen molar-refractivity contribution in [2.24, 2.45) is 5.92 Å². The van der Waals surface area contributed by atoms with Gasteiger partial charge in [0.1, 0.15) is 0 Å². The fourth-order valence-corrected chi connectivity index (χ4v) is 2.16. The molecule has 1 atom stereocenters. The van der Waals surface area contributed by atoms with Gasteiger partial charge in [-0.15, -0.1) is 11.6 Å². The number of carbonyl (C=O) groups is 1. The van der Waals surface area contributed by atoms with Gasteiger partial charge in [-0.1, -0.05) is 36.8 Å². The number of carbonyl (C=O) groups excluding carboxylic acids is 1. The van der Waals surface area contributed by atoms with Gasteiger partial charge in [-0.25, -0.2) is 0 Å². The standard InChI is InChI=1S/C15H22ClNO/c1-12-4-3-5-14(10-12)6-7-15(18)17-11-13(2)8-9-16/h3-5,10,13H,6-9,11H2,1-2H3,(H,17,18). The monoisotopic (exact) mass is 267 g/mol. The van der Waals surface area contributed by atoms with Crippen LogP contribution in [0.1, 0.15) is 30.9 Å². The van der Waals surface area contributed by atoms with Crippen molar-refractivity contribution in [2.45, 2.75) is 33.1 Å². The number of nitrogens with one attached hydrogen (secondary N) is 1. The summed E-state index contributed by atoms with van der Waals surface area (Å²) in [5, 5.41) is 2.95. The molecule has 2 nitrogen and oxygen atoms in total. The Hall–Kier alpha value is -1.02. The highest BCUT2D eigenvalue weighted by Gasteiger charge is 2.05. The molecule has 0 aliphatic carbocycles. The molecule has 0 heterocycles. The number of alkyl halides is 1. The van der Waals surface area contributed by atoms with Gasteiger partial charge in [0, 0.05) is 18.8 Å². The average molecular weight is 268 g/mol. The second-order valence-electron chi connectivity index (χ2n) is 4.88. The molecular weight excluding hydrogens is 246 g/mol. The van der Waals surface area contributed by atoms with Crippen molar-refractivity contribution < 1.29 is 4.79 Å². The lowest BCUT2D eigenvalue weighted by Crippen LogP contribution is -2.28. The summed E-state index contributed by atoms with van der Waals surface area (Å²) in [5.74, 6) is 1.23. The van der Waals surface area contributed by atoms with Crippen molar-refractivity contribution >= 4 is 17.5 Å². The van der Waals surface area contributed by atoms with E-state index in [0.717, 1.165) is 19.4 Å². The molecule has 0 spiro atoms. The summed E-state index contributed by atoms with van der Waals surface area (Å²) in [4.78, 5) is 11.7. The Kier molecular flexibility index (Phi) is 6.81. The van der Waals surface area contributed by atoms with E-state index in [9.17, 15) is 4.79 Å². The molecule has 0 saturated carbocycles. The predicted molar refractivity (Wildman–Crippen MR) is 77.0 cm³/mol. The van der Waals surface area contributed by atoms with E-state index in [1.807, 2.05) is 6.07 Å². The van der Waals surface area contributed by atoms with Gasteiger partial charge >= 0.3 is 0 Å². The third-order valence-electron chi connectivity index (χ3n) is 2.97. The molecule has 1 unspecified atom stereocenters. The molecule has 1 aromatic rings. The predicted octanol–water partition coefficient (Wildman–Crippen LogP) is 3.31. The van der Waals surface area contributed by atoms with E-state index in [1.54, 1.807) is 0 Å². The lowest BCUT2D eigenvalue weighted by molar-refractivity contribution is -0.121. The van der Waals surface area contributed by atoms with Crippen molar-refractivity contribution in [3.8, 4) is 0 Å². The van der Waals surface area contributed by atoms with Crippen LogP contribution >= 0.6 is 11.6 Å². The molecule has 3 heteroatoms. The van der Waals surface area contributed by atoms with Gasteiger partial charge in [-0.2, -0.15) is 0 Å². The Morgan fingerprint density at radius 3 is 2.89 bits per heavy atom. The van der Waals surface area contributed by atoms with Crippen molar-refractivity contribution in [1.82, 2.24) is 5.32 Å². The van der Waals surface area contributed by atoms with Gasteiger partial charge in [0.25, 0.3) is 0 Å². The number of aryl methyl sites for hydroxylation is 2. The largest absolute Gasteiger partial charge is 0.356 e. The fourth-order valence-electron chi connectivity index (χ4n) is 1.79. The SMILES string of the molecule is Cc1cccc(CCC(=O)NCC(C)CCCl)c1. The highest BCUT2D eigenvalue weighted by Crippen LogP contribution is 2.07. The van der Waals surface area contributed by atoms with E-state index in [0.29, 0.717) is 18.2 Å². The zero-order valence-electron chi connectivity index (χ0n) is 11.2. The minimum absolute atomic E-state index is 0.123. The Balaban J connectivity index is 2.25. The Labute approximate surface area is 115 Å². The maximum Gasteiger partial charge on any atom is 0.220 e. The van der Waals surface area contributed by atoms with Crippen LogP contribution in [-0.2, 0) is 11.2 Å². The summed E-state index contributed by atoms with van der Waals surface area (Å²) in [6, 6.07) is 8.29. The zero-order chi connectivity index (χ0) is 13.4. The van der Waals surface area contributed by atoms with Crippen LogP contribution in [0.4, 0.5) is 0 Å². The molecule has 0 radical (unpaired) electrons. The first-order chi connectivity index (χ1) is 8.61. The van der Waals surface area contributed by atoms with Crippen molar-refractivity contribution in [3.05, 3.63) is 35.4 Å². The Morgan fingerprint density at radius 2 is 2.22 bits per heavy atom. The molecule has 1 amide bonds. The Bertz CT molecular complexity index is 379. The molecule has 100 valence electrons. The minimum Gasteiger partial charge on any atom is -0.356 e. The van der Waals surface area contributed by atoms with Crippen LogP contribution in [0.3, 0.4) is 0 Å². The number of hydrogen-bond acceptors (Lipinski definition) is 1. The van der Waals surface area contributed by atoms with E-state index in [2.05, 4.69) is 37.4 Å². The quantitative estimate of drug-likeness (QED) is 0.755. The number of hydrogen-bond donors (Lipinski definition) is 1. The van der Waals surface area contributed by atoms with Crippen LogP contribution in [0.25, 0.3) is 0 Å². The van der Waals surface area contributed by atoms with Crippen LogP contribution in [0.2, 0.25) is 0 Å². The van der Waals surface area contributed by atoms with Gasteiger partial charge in [0.2, 0.25) is 5.91 Å². The molecule has 0 saturated heterocycles. The first-order valence-corrected chi connectivity index (χ1v) is 7.03. The molecule has 1 aromatic carbocycles. The number of amides is 1. The van der Waals surface area contributed by atoms with Gasteiger partial charge < -0.3 is 5.32 Å². The summed E-state index contributed by atoms with van der Waals surface area (Å²) in [5.41, 5.74) is 2.46. The van der Waals surface area contributed by atoms with Gasteiger partial charge in [-0.3, -0.25) is 4.79 Å². The average Bonchev–Trinajstić information content (AvgIpc) is 2.34. The van der Waals surface area contributed by atoms with E-state index >= 15 is 0 Å². The molecule has 0 bridgehead atoms. The summed E-state index contributed by atoms with van der Waals surface area (Å²) >= 11 is 5.66. The van der Waals surface area contributed by atoms with Crippen LogP contribution in [0.15, 0.2) is 24.3 Å². The number of rotatable bonds is 7. The van der Waals surface area contributed by atoms with Crippen molar-refractivity contribution in [1.29, 1.82) is 0 Å². The van der Waals surface area contributed by atoms with Crippen molar-refractivity contribution in [2.75, 3.05) is 12.4 Å². The van der Waals surface area contributed by atoms with Crippen LogP contribution in [0, 0.1) is 12.8 Å². The lowest BCUT2D eigenvalue weighted by Gasteiger charge is -2.11. The van der Waals surface area contributed by atoms with Crippen LogP contribution in [0.5, 0.6) is 0 Å². The zero-order valence-corrected chi connectivity index (χ0v) is 12.0. The van der Waals surface area contributed by atoms with Crippen LogP contribution in [-0.4, -0.2) is 18.3 Å². The van der Waals surface area contributed by atoms with Crippen LogP contribution < -0.4 is 5.32 Å². The normalized spacial score (nSPS) is 12.2. The summed E-state index contributed by atoms with van der Waals surface area (Å²) in [6.45, 7) is 4.89. The highest BCUT2D eigenvalue weighted by atomic mass is 35.5. The maximum atomic E-state index is 11.7. The number of halogens is 1. The maximum absolute atomic E-state index is 11.7. The smallest absolute Gasteiger partial charge is 0.220 e. The second kappa shape index (κ2) is 8.15. The molecule has 0 aliphatic heterocycles. The molecule has 1 N–H and O–H groups in total. The van der Waals surface area contributed by atoms with Crippen molar-refractivity contribution in [3.63, 3.8) is 0 Å². The first-order valence-electron chi connectivity index (χ1n) is 6.50. The van der Waals surface area contributed by atoms with Gasteiger partial charge in [0.15, 0.2) is 0 Å². The summed E-state index contributed by atoms with van der Waals surface area (Å²) in [7, 11) is 0. The molecule has 0 fully saturated rings. The molecular formula is C15H22ClNO. The van der Waals surface area contributed by atoms with Gasteiger partial charge in [0.05, 0.1) is 0 Å². The number of benzene rings is 1. The lowest BCUT2D eigenvalue weighted by atomic mass is 10.1. The molecule has 0 aliphatic rings. The summed E-state index contributed by atoms with van der Waals surface area (Å²) < 4.78 is 0. The highest BCUT2D eigenvalue weighted by molar-refractivity contribution is 6.17.